The molecule has 0 N–H and O–H groups in total. The molecule has 0 radical (unpaired) electrons. The SMILES string of the molecule is CCC(C)CN(CC(=O)N1CCc2sccc2C1COc1ccc(F)cc1)C(=O)C1CC1. The Morgan fingerprint density at radius 1 is 1.25 bits per heavy atom. The number of ether oxygens (including phenoxy) is 1. The van der Waals surface area contributed by atoms with E-state index in [0.29, 0.717) is 31.4 Å². The summed E-state index contributed by atoms with van der Waals surface area (Å²) in [5, 5.41) is 2.05. The highest BCUT2D eigenvalue weighted by atomic mass is 32.1. The number of carbonyl (C=O) groups is 2. The predicted octanol–water partition coefficient (Wildman–Crippen LogP) is 4.68. The highest BCUT2D eigenvalue weighted by molar-refractivity contribution is 7.10. The van der Waals surface area contributed by atoms with Crippen LogP contribution in [-0.4, -0.2) is 47.9 Å². The van der Waals surface area contributed by atoms with Gasteiger partial charge in [0.15, 0.2) is 0 Å². The summed E-state index contributed by atoms with van der Waals surface area (Å²) < 4.78 is 19.2. The van der Waals surface area contributed by atoms with Crippen LogP contribution in [-0.2, 0) is 16.0 Å². The van der Waals surface area contributed by atoms with E-state index >= 15 is 0 Å². The van der Waals surface area contributed by atoms with Gasteiger partial charge >= 0.3 is 0 Å². The summed E-state index contributed by atoms with van der Waals surface area (Å²) >= 11 is 1.70. The zero-order valence-corrected chi connectivity index (χ0v) is 19.6. The quantitative estimate of drug-likeness (QED) is 0.548. The minimum atomic E-state index is -0.311. The van der Waals surface area contributed by atoms with Gasteiger partial charge in [0.05, 0.1) is 12.6 Å². The summed E-state index contributed by atoms with van der Waals surface area (Å²) in [5.74, 6) is 0.789. The molecule has 1 aromatic heterocycles. The molecule has 32 heavy (non-hydrogen) atoms. The van der Waals surface area contributed by atoms with E-state index in [2.05, 4.69) is 25.3 Å². The van der Waals surface area contributed by atoms with Crippen LogP contribution in [0, 0.1) is 17.7 Å². The van der Waals surface area contributed by atoms with Gasteiger partial charge in [-0.15, -0.1) is 11.3 Å². The third-order valence-electron chi connectivity index (χ3n) is 6.43. The number of hydrogen-bond donors (Lipinski definition) is 0. The van der Waals surface area contributed by atoms with E-state index in [1.165, 1.54) is 17.0 Å². The van der Waals surface area contributed by atoms with Gasteiger partial charge in [0.25, 0.3) is 0 Å². The molecule has 1 aliphatic carbocycles. The van der Waals surface area contributed by atoms with Crippen molar-refractivity contribution in [3.05, 3.63) is 52.0 Å². The summed E-state index contributed by atoms with van der Waals surface area (Å²) in [5.41, 5.74) is 1.11. The van der Waals surface area contributed by atoms with Crippen molar-refractivity contribution in [2.45, 2.75) is 45.6 Å². The third-order valence-corrected chi connectivity index (χ3v) is 7.43. The van der Waals surface area contributed by atoms with Gasteiger partial charge in [-0.25, -0.2) is 4.39 Å². The minimum Gasteiger partial charge on any atom is -0.491 e. The van der Waals surface area contributed by atoms with E-state index in [0.717, 1.165) is 31.2 Å². The highest BCUT2D eigenvalue weighted by Crippen LogP contribution is 2.35. The Hall–Kier alpha value is -2.41. The normalized spacial score (nSPS) is 18.7. The molecule has 0 bridgehead atoms. The molecular formula is C25H31FN2O3S. The van der Waals surface area contributed by atoms with Crippen LogP contribution in [0.2, 0.25) is 0 Å². The fourth-order valence-corrected chi connectivity index (χ4v) is 5.09. The van der Waals surface area contributed by atoms with E-state index in [4.69, 9.17) is 4.74 Å². The van der Waals surface area contributed by atoms with E-state index in [-0.39, 0.29) is 36.1 Å². The molecule has 172 valence electrons. The number of carbonyl (C=O) groups excluding carboxylic acids is 2. The van der Waals surface area contributed by atoms with Gasteiger partial charge in [-0.05, 0) is 66.5 Å². The molecule has 7 heteroatoms. The smallest absolute Gasteiger partial charge is 0.242 e. The van der Waals surface area contributed by atoms with E-state index in [1.54, 1.807) is 28.4 Å². The number of benzene rings is 1. The average molecular weight is 459 g/mol. The Morgan fingerprint density at radius 3 is 2.69 bits per heavy atom. The first kappa shape index (κ1) is 22.8. The first-order chi connectivity index (χ1) is 15.5. The van der Waals surface area contributed by atoms with Crippen LogP contribution in [0.5, 0.6) is 5.75 Å². The molecule has 2 aromatic rings. The summed E-state index contributed by atoms with van der Waals surface area (Å²) in [7, 11) is 0. The molecule has 5 nitrogen and oxygen atoms in total. The number of thiophene rings is 1. The van der Waals surface area contributed by atoms with Gasteiger partial charge in [-0.1, -0.05) is 20.3 Å². The van der Waals surface area contributed by atoms with Crippen molar-refractivity contribution in [2.75, 3.05) is 26.2 Å². The zero-order chi connectivity index (χ0) is 22.7. The largest absolute Gasteiger partial charge is 0.491 e. The molecule has 1 aromatic carbocycles. The molecule has 2 amide bonds. The molecule has 1 saturated carbocycles. The number of fused-ring (bicyclic) bond motifs is 1. The van der Waals surface area contributed by atoms with Gasteiger partial charge in [0.2, 0.25) is 11.8 Å². The van der Waals surface area contributed by atoms with Crippen molar-refractivity contribution < 1.29 is 18.7 Å². The van der Waals surface area contributed by atoms with Gasteiger partial charge in [-0.3, -0.25) is 9.59 Å². The molecule has 4 rings (SSSR count). The number of hydrogen-bond acceptors (Lipinski definition) is 4. The molecule has 1 aliphatic heterocycles. The first-order valence-corrected chi connectivity index (χ1v) is 12.4. The van der Waals surface area contributed by atoms with Crippen molar-refractivity contribution >= 4 is 23.2 Å². The van der Waals surface area contributed by atoms with Crippen LogP contribution < -0.4 is 4.74 Å². The van der Waals surface area contributed by atoms with Crippen LogP contribution >= 0.6 is 11.3 Å². The van der Waals surface area contributed by atoms with Crippen LogP contribution in [0.3, 0.4) is 0 Å². The molecule has 2 aliphatic rings. The third kappa shape index (κ3) is 5.31. The summed E-state index contributed by atoms with van der Waals surface area (Å²) in [6, 6.07) is 7.77. The molecule has 0 saturated heterocycles. The van der Waals surface area contributed by atoms with Gasteiger partial charge in [0, 0.05) is 23.9 Å². The lowest BCUT2D eigenvalue weighted by Gasteiger charge is -2.37. The molecule has 2 heterocycles. The van der Waals surface area contributed by atoms with E-state index in [9.17, 15) is 14.0 Å². The average Bonchev–Trinajstić information content (AvgIpc) is 3.53. The van der Waals surface area contributed by atoms with Gasteiger partial charge in [-0.2, -0.15) is 0 Å². The van der Waals surface area contributed by atoms with Gasteiger partial charge < -0.3 is 14.5 Å². The summed E-state index contributed by atoms with van der Waals surface area (Å²) in [6.07, 6.45) is 3.65. The molecule has 2 unspecified atom stereocenters. The number of nitrogens with zero attached hydrogens (tertiary/aromatic N) is 2. The fourth-order valence-electron chi connectivity index (χ4n) is 4.16. The molecule has 1 fully saturated rings. The van der Waals surface area contributed by atoms with Crippen LogP contribution in [0.1, 0.15) is 49.6 Å². The Balaban J connectivity index is 1.49. The van der Waals surface area contributed by atoms with Crippen LogP contribution in [0.15, 0.2) is 35.7 Å². The minimum absolute atomic E-state index is 0.0353. The maximum absolute atomic E-state index is 13.5. The predicted molar refractivity (Wildman–Crippen MR) is 123 cm³/mol. The monoisotopic (exact) mass is 458 g/mol. The van der Waals surface area contributed by atoms with Crippen molar-refractivity contribution in [2.24, 2.45) is 11.8 Å². The zero-order valence-electron chi connectivity index (χ0n) is 18.8. The lowest BCUT2D eigenvalue weighted by molar-refractivity contribution is -0.143. The first-order valence-electron chi connectivity index (χ1n) is 11.5. The number of amides is 2. The maximum atomic E-state index is 13.5. The second-order valence-corrected chi connectivity index (χ2v) is 9.92. The molecule has 0 spiro atoms. The van der Waals surface area contributed by atoms with Crippen LogP contribution in [0.25, 0.3) is 0 Å². The maximum Gasteiger partial charge on any atom is 0.242 e. The number of halogens is 1. The lowest BCUT2D eigenvalue weighted by atomic mass is 10.00. The lowest BCUT2D eigenvalue weighted by Crippen LogP contribution is -2.48. The second-order valence-electron chi connectivity index (χ2n) is 8.92. The van der Waals surface area contributed by atoms with E-state index in [1.807, 2.05) is 4.90 Å². The molecular weight excluding hydrogens is 427 g/mol. The van der Waals surface area contributed by atoms with Crippen molar-refractivity contribution in [1.82, 2.24) is 9.80 Å². The Labute approximate surface area is 193 Å². The number of rotatable bonds is 9. The topological polar surface area (TPSA) is 49.9 Å². The Kier molecular flexibility index (Phi) is 7.13. The molecule has 2 atom stereocenters. The van der Waals surface area contributed by atoms with Crippen LogP contribution in [0.4, 0.5) is 4.39 Å². The highest BCUT2D eigenvalue weighted by Gasteiger charge is 2.37. The van der Waals surface area contributed by atoms with Crippen molar-refractivity contribution in [3.8, 4) is 5.75 Å². The Bertz CT molecular complexity index is 941. The summed E-state index contributed by atoms with van der Waals surface area (Å²) in [4.78, 5) is 31.2. The van der Waals surface area contributed by atoms with E-state index < -0.39 is 0 Å². The van der Waals surface area contributed by atoms with Crippen molar-refractivity contribution in [3.63, 3.8) is 0 Å². The van der Waals surface area contributed by atoms with Crippen molar-refractivity contribution in [1.29, 1.82) is 0 Å². The Morgan fingerprint density at radius 2 is 2.00 bits per heavy atom. The second kappa shape index (κ2) is 10.0. The summed E-state index contributed by atoms with van der Waals surface area (Å²) in [6.45, 7) is 5.87. The fraction of sp³-hybridized carbons (Fsp3) is 0.520. The standard InChI is InChI=1S/C25H31FN2O3S/c1-3-17(2)14-27(25(30)18-4-5-18)15-24(29)28-12-10-23-21(11-13-32-23)22(28)16-31-20-8-6-19(26)7-9-20/h6-9,11,13,17-18,22H,3-5,10,12,14-16H2,1-2H3. The van der Waals surface area contributed by atoms with Gasteiger partial charge in [0.1, 0.15) is 18.2 Å².